The van der Waals surface area contributed by atoms with Gasteiger partial charge >= 0.3 is 0 Å². The second kappa shape index (κ2) is 11.8. The molecule has 28 heavy (non-hydrogen) atoms. The number of hydrogen-bond acceptors (Lipinski definition) is 4. The lowest BCUT2D eigenvalue weighted by atomic mass is 9.93. The summed E-state index contributed by atoms with van der Waals surface area (Å²) in [5, 5.41) is 6.14. The molecule has 1 aromatic heterocycles. The zero-order valence-electron chi connectivity index (χ0n) is 15.9. The van der Waals surface area contributed by atoms with E-state index in [0.29, 0.717) is 23.0 Å². The van der Waals surface area contributed by atoms with Gasteiger partial charge in [-0.2, -0.15) is 0 Å². The Bertz CT molecular complexity index is 754. The fraction of sp³-hybridized carbons (Fsp3) is 0.400. The molecule has 154 valence electrons. The maximum atomic E-state index is 13.9. The van der Waals surface area contributed by atoms with Crippen molar-refractivity contribution in [1.82, 2.24) is 15.2 Å². The molecule has 1 saturated heterocycles. The van der Waals surface area contributed by atoms with Crippen LogP contribution in [0.4, 0.5) is 15.9 Å². The summed E-state index contributed by atoms with van der Waals surface area (Å²) in [5.41, 5.74) is 0.787. The molecule has 2 heterocycles. The van der Waals surface area contributed by atoms with E-state index in [0.717, 1.165) is 38.9 Å². The van der Waals surface area contributed by atoms with Gasteiger partial charge in [0.1, 0.15) is 11.6 Å². The summed E-state index contributed by atoms with van der Waals surface area (Å²) in [6.45, 7) is 2.51. The Morgan fingerprint density at radius 3 is 2.57 bits per heavy atom. The molecule has 2 aromatic rings. The van der Waals surface area contributed by atoms with Crippen molar-refractivity contribution in [3.05, 3.63) is 54.0 Å². The van der Waals surface area contributed by atoms with Crippen molar-refractivity contribution in [3.8, 4) is 0 Å². The topological polar surface area (TPSA) is 57.3 Å². The molecule has 0 atom stereocenters. The number of para-hydroxylation sites is 1. The third-order valence-electron chi connectivity index (χ3n) is 4.87. The number of nitrogens with zero attached hydrogens (tertiary/aromatic N) is 2. The van der Waals surface area contributed by atoms with Crippen LogP contribution < -0.4 is 10.6 Å². The number of amides is 1. The SMILES string of the molecule is CNCCC1CCN(C(=O)c2cccnc2Nc2ccccc2F)CC1.Cl.Cl. The third-order valence-corrected chi connectivity index (χ3v) is 4.87. The number of nitrogens with one attached hydrogen (secondary N) is 2. The first-order valence-electron chi connectivity index (χ1n) is 9.09. The zero-order valence-corrected chi connectivity index (χ0v) is 17.5. The van der Waals surface area contributed by atoms with E-state index in [2.05, 4.69) is 15.6 Å². The molecule has 0 saturated carbocycles. The Kier molecular flexibility index (Phi) is 10.2. The Morgan fingerprint density at radius 1 is 1.18 bits per heavy atom. The van der Waals surface area contributed by atoms with Gasteiger partial charge in [0.2, 0.25) is 0 Å². The second-order valence-corrected chi connectivity index (χ2v) is 6.63. The molecular formula is C20H27Cl2FN4O. The monoisotopic (exact) mass is 428 g/mol. The molecular weight excluding hydrogens is 402 g/mol. The van der Waals surface area contributed by atoms with Crippen molar-refractivity contribution in [2.75, 3.05) is 32.0 Å². The van der Waals surface area contributed by atoms with E-state index in [-0.39, 0.29) is 36.5 Å². The number of anilines is 2. The molecule has 0 bridgehead atoms. The molecule has 8 heteroatoms. The summed E-state index contributed by atoms with van der Waals surface area (Å²) in [6, 6.07) is 9.86. The van der Waals surface area contributed by atoms with Gasteiger partial charge in [0.15, 0.2) is 0 Å². The van der Waals surface area contributed by atoms with Crippen LogP contribution in [0.15, 0.2) is 42.6 Å². The van der Waals surface area contributed by atoms with E-state index in [9.17, 15) is 9.18 Å². The number of pyridine rings is 1. The summed E-state index contributed by atoms with van der Waals surface area (Å²) in [6.07, 6.45) is 4.78. The Morgan fingerprint density at radius 2 is 1.89 bits per heavy atom. The van der Waals surface area contributed by atoms with Crippen LogP contribution in [0.25, 0.3) is 0 Å². The molecule has 0 spiro atoms. The fourth-order valence-electron chi connectivity index (χ4n) is 3.31. The highest BCUT2D eigenvalue weighted by Crippen LogP contribution is 2.25. The van der Waals surface area contributed by atoms with Gasteiger partial charge in [0, 0.05) is 19.3 Å². The van der Waals surface area contributed by atoms with Crippen LogP contribution in [0.1, 0.15) is 29.6 Å². The minimum absolute atomic E-state index is 0. The summed E-state index contributed by atoms with van der Waals surface area (Å²) in [5.74, 6) is 0.627. The molecule has 0 unspecified atom stereocenters. The molecule has 3 rings (SSSR count). The number of piperidine rings is 1. The van der Waals surface area contributed by atoms with E-state index in [1.54, 1.807) is 36.5 Å². The van der Waals surface area contributed by atoms with Gasteiger partial charge in [-0.1, -0.05) is 12.1 Å². The Hall–Kier alpha value is -1.89. The first-order chi connectivity index (χ1) is 12.7. The van der Waals surface area contributed by atoms with Crippen molar-refractivity contribution in [2.24, 2.45) is 5.92 Å². The van der Waals surface area contributed by atoms with E-state index < -0.39 is 0 Å². The van der Waals surface area contributed by atoms with Crippen LogP contribution in [0.5, 0.6) is 0 Å². The minimum atomic E-state index is -0.373. The average Bonchev–Trinajstić information content (AvgIpc) is 2.68. The normalized spacial score (nSPS) is 14.0. The summed E-state index contributed by atoms with van der Waals surface area (Å²) < 4.78 is 13.9. The van der Waals surface area contributed by atoms with Crippen LogP contribution in [-0.4, -0.2) is 42.5 Å². The van der Waals surface area contributed by atoms with Crippen molar-refractivity contribution >= 4 is 42.2 Å². The number of hydrogen-bond donors (Lipinski definition) is 2. The van der Waals surface area contributed by atoms with Crippen LogP contribution in [0.3, 0.4) is 0 Å². The number of halogens is 3. The summed E-state index contributed by atoms with van der Waals surface area (Å²) >= 11 is 0. The highest BCUT2D eigenvalue weighted by molar-refractivity contribution is 5.99. The maximum absolute atomic E-state index is 13.9. The van der Waals surface area contributed by atoms with Crippen molar-refractivity contribution in [3.63, 3.8) is 0 Å². The lowest BCUT2D eigenvalue weighted by Gasteiger charge is -2.32. The van der Waals surface area contributed by atoms with E-state index in [1.165, 1.54) is 6.07 Å². The molecule has 2 N–H and O–H groups in total. The summed E-state index contributed by atoms with van der Waals surface area (Å²) in [4.78, 5) is 19.1. The highest BCUT2D eigenvalue weighted by atomic mass is 35.5. The van der Waals surface area contributed by atoms with Crippen LogP contribution in [-0.2, 0) is 0 Å². The molecule has 0 aliphatic carbocycles. The van der Waals surface area contributed by atoms with Gasteiger partial charge in [-0.3, -0.25) is 4.79 Å². The molecule has 1 aromatic carbocycles. The summed E-state index contributed by atoms with van der Waals surface area (Å²) in [7, 11) is 1.96. The number of benzene rings is 1. The fourth-order valence-corrected chi connectivity index (χ4v) is 3.31. The van der Waals surface area contributed by atoms with E-state index in [4.69, 9.17) is 0 Å². The number of aromatic nitrogens is 1. The van der Waals surface area contributed by atoms with Gasteiger partial charge in [-0.25, -0.2) is 9.37 Å². The molecule has 1 aliphatic heterocycles. The van der Waals surface area contributed by atoms with Gasteiger partial charge in [-0.15, -0.1) is 24.8 Å². The average molecular weight is 429 g/mol. The van der Waals surface area contributed by atoms with Gasteiger partial charge < -0.3 is 15.5 Å². The predicted octanol–water partition coefficient (Wildman–Crippen LogP) is 4.27. The van der Waals surface area contributed by atoms with Crippen LogP contribution in [0.2, 0.25) is 0 Å². The van der Waals surface area contributed by atoms with Gasteiger partial charge in [-0.05, 0) is 63.0 Å². The van der Waals surface area contributed by atoms with Crippen molar-refractivity contribution in [2.45, 2.75) is 19.3 Å². The first-order valence-corrected chi connectivity index (χ1v) is 9.09. The first kappa shape index (κ1) is 24.1. The molecule has 1 aliphatic rings. The quantitative estimate of drug-likeness (QED) is 0.720. The van der Waals surface area contributed by atoms with Crippen LogP contribution >= 0.6 is 24.8 Å². The lowest BCUT2D eigenvalue weighted by Crippen LogP contribution is -2.39. The number of rotatable bonds is 6. The minimum Gasteiger partial charge on any atom is -0.339 e. The number of likely N-dealkylation sites (tertiary alicyclic amines) is 1. The second-order valence-electron chi connectivity index (χ2n) is 6.63. The molecule has 5 nitrogen and oxygen atoms in total. The van der Waals surface area contributed by atoms with Gasteiger partial charge in [0.05, 0.1) is 11.3 Å². The van der Waals surface area contributed by atoms with E-state index in [1.807, 2.05) is 11.9 Å². The van der Waals surface area contributed by atoms with Crippen molar-refractivity contribution < 1.29 is 9.18 Å². The van der Waals surface area contributed by atoms with Crippen molar-refractivity contribution in [1.29, 1.82) is 0 Å². The smallest absolute Gasteiger partial charge is 0.257 e. The number of carbonyl (C=O) groups is 1. The van der Waals surface area contributed by atoms with Crippen LogP contribution in [0, 0.1) is 11.7 Å². The Labute approximate surface area is 177 Å². The molecule has 1 fully saturated rings. The number of carbonyl (C=O) groups excluding carboxylic acids is 1. The standard InChI is InChI=1S/C20H25FN4O.2ClH/c1-22-12-8-15-9-13-25(14-10-15)20(26)16-5-4-11-23-19(16)24-18-7-3-2-6-17(18)21;;/h2-7,11,15,22H,8-10,12-14H2,1H3,(H,23,24);2*1H. The maximum Gasteiger partial charge on any atom is 0.257 e. The molecule has 0 radical (unpaired) electrons. The van der Waals surface area contributed by atoms with Gasteiger partial charge in [0.25, 0.3) is 5.91 Å². The zero-order chi connectivity index (χ0) is 18.4. The Balaban J connectivity index is 0.00000196. The van der Waals surface area contributed by atoms with E-state index >= 15 is 0 Å². The lowest BCUT2D eigenvalue weighted by molar-refractivity contribution is 0.0688. The molecule has 1 amide bonds. The highest BCUT2D eigenvalue weighted by Gasteiger charge is 2.25. The third kappa shape index (κ3) is 6.06. The largest absolute Gasteiger partial charge is 0.339 e. The predicted molar refractivity (Wildman–Crippen MR) is 116 cm³/mol.